The van der Waals surface area contributed by atoms with Crippen molar-refractivity contribution < 1.29 is 23.1 Å². The van der Waals surface area contributed by atoms with Crippen molar-refractivity contribution in [1.29, 1.82) is 0 Å². The van der Waals surface area contributed by atoms with Gasteiger partial charge in [0.05, 0.1) is 18.6 Å². The molecule has 1 atom stereocenters. The molecule has 7 nitrogen and oxygen atoms in total. The third-order valence-electron chi connectivity index (χ3n) is 3.73. The SMILES string of the molecule is CCC(C)(O)CNS(=O)(=O)N1CCC(C(=O)OC)CC1. The number of rotatable bonds is 6. The number of piperidine rings is 1. The van der Waals surface area contributed by atoms with E-state index in [9.17, 15) is 18.3 Å². The first kappa shape index (κ1) is 17.4. The number of hydrogen-bond acceptors (Lipinski definition) is 5. The smallest absolute Gasteiger partial charge is 0.308 e. The summed E-state index contributed by atoms with van der Waals surface area (Å²) in [6, 6.07) is 0. The van der Waals surface area contributed by atoms with Crippen molar-refractivity contribution >= 4 is 16.2 Å². The molecule has 1 fully saturated rings. The van der Waals surface area contributed by atoms with Gasteiger partial charge >= 0.3 is 5.97 Å². The minimum absolute atomic E-state index is 0.0250. The molecule has 118 valence electrons. The molecule has 8 heteroatoms. The standard InChI is InChI=1S/C12H24N2O5S/c1-4-12(2,16)9-13-20(17,18)14-7-5-10(6-8-14)11(15)19-3/h10,13,16H,4-9H2,1-3H3. The van der Waals surface area contributed by atoms with E-state index >= 15 is 0 Å². The Labute approximate surface area is 120 Å². The van der Waals surface area contributed by atoms with Crippen LogP contribution in [0, 0.1) is 5.92 Å². The van der Waals surface area contributed by atoms with E-state index in [1.54, 1.807) is 13.8 Å². The summed E-state index contributed by atoms with van der Waals surface area (Å²) in [5.74, 6) is -0.519. The van der Waals surface area contributed by atoms with Crippen LogP contribution in [0.4, 0.5) is 0 Å². The number of carbonyl (C=O) groups excluding carboxylic acids is 1. The molecule has 0 aromatic heterocycles. The number of carbonyl (C=O) groups is 1. The molecule has 0 radical (unpaired) electrons. The number of methoxy groups -OCH3 is 1. The van der Waals surface area contributed by atoms with Crippen LogP contribution in [0.1, 0.15) is 33.1 Å². The quantitative estimate of drug-likeness (QED) is 0.666. The van der Waals surface area contributed by atoms with Gasteiger partial charge in [0.15, 0.2) is 0 Å². The molecule has 1 rings (SSSR count). The van der Waals surface area contributed by atoms with Crippen LogP contribution in [0.3, 0.4) is 0 Å². The second-order valence-corrected chi connectivity index (χ2v) is 7.13. The summed E-state index contributed by atoms with van der Waals surface area (Å²) in [5, 5.41) is 9.83. The van der Waals surface area contributed by atoms with Crippen LogP contribution in [0.15, 0.2) is 0 Å². The number of ether oxygens (including phenoxy) is 1. The van der Waals surface area contributed by atoms with Gasteiger partial charge in [-0.25, -0.2) is 0 Å². The normalized spacial score (nSPS) is 21.4. The molecule has 0 aromatic rings. The van der Waals surface area contributed by atoms with Crippen molar-refractivity contribution in [2.75, 3.05) is 26.7 Å². The van der Waals surface area contributed by atoms with E-state index in [4.69, 9.17) is 0 Å². The topological polar surface area (TPSA) is 95.9 Å². The van der Waals surface area contributed by atoms with Crippen LogP contribution in [0.25, 0.3) is 0 Å². The Morgan fingerprint density at radius 2 is 2.00 bits per heavy atom. The van der Waals surface area contributed by atoms with Crippen molar-refractivity contribution in [3.63, 3.8) is 0 Å². The Bertz CT molecular complexity index is 427. The molecule has 0 saturated carbocycles. The molecule has 0 aliphatic carbocycles. The molecule has 2 N–H and O–H groups in total. The van der Waals surface area contributed by atoms with E-state index in [1.165, 1.54) is 11.4 Å². The Balaban J connectivity index is 2.53. The van der Waals surface area contributed by atoms with Gasteiger partial charge in [-0.15, -0.1) is 0 Å². The molecule has 0 aromatic carbocycles. The number of esters is 1. The van der Waals surface area contributed by atoms with E-state index in [0.29, 0.717) is 19.3 Å². The van der Waals surface area contributed by atoms with Gasteiger partial charge in [-0.3, -0.25) is 4.79 Å². The molecule has 1 heterocycles. The third kappa shape index (κ3) is 4.69. The van der Waals surface area contributed by atoms with Gasteiger partial charge in [0.25, 0.3) is 10.2 Å². The monoisotopic (exact) mass is 308 g/mol. The molecule has 0 bridgehead atoms. The first-order valence-corrected chi connectivity index (χ1v) is 8.21. The fraction of sp³-hybridized carbons (Fsp3) is 0.917. The van der Waals surface area contributed by atoms with E-state index in [-0.39, 0.29) is 31.5 Å². The highest BCUT2D eigenvalue weighted by atomic mass is 32.2. The number of nitrogens with zero attached hydrogens (tertiary/aromatic N) is 1. The van der Waals surface area contributed by atoms with Crippen molar-refractivity contribution in [3.05, 3.63) is 0 Å². The van der Waals surface area contributed by atoms with Gasteiger partial charge in [-0.05, 0) is 26.2 Å². The van der Waals surface area contributed by atoms with Crippen LogP contribution >= 0.6 is 0 Å². The molecule has 1 aliphatic rings. The molecule has 20 heavy (non-hydrogen) atoms. The maximum Gasteiger partial charge on any atom is 0.308 e. The largest absolute Gasteiger partial charge is 0.469 e. The van der Waals surface area contributed by atoms with Crippen LogP contribution < -0.4 is 4.72 Å². The number of nitrogens with one attached hydrogen (secondary N) is 1. The van der Waals surface area contributed by atoms with Crippen molar-refractivity contribution in [2.24, 2.45) is 5.92 Å². The highest BCUT2D eigenvalue weighted by Crippen LogP contribution is 2.20. The lowest BCUT2D eigenvalue weighted by Crippen LogP contribution is -2.49. The Morgan fingerprint density at radius 3 is 2.45 bits per heavy atom. The van der Waals surface area contributed by atoms with Gasteiger partial charge in [0, 0.05) is 19.6 Å². The van der Waals surface area contributed by atoms with E-state index in [0.717, 1.165) is 0 Å². The Morgan fingerprint density at radius 1 is 1.45 bits per heavy atom. The van der Waals surface area contributed by atoms with Crippen LogP contribution in [0.2, 0.25) is 0 Å². The van der Waals surface area contributed by atoms with Gasteiger partial charge in [0.2, 0.25) is 0 Å². The average molecular weight is 308 g/mol. The molecular formula is C12H24N2O5S. The molecule has 1 saturated heterocycles. The molecule has 1 aliphatic heterocycles. The lowest BCUT2D eigenvalue weighted by molar-refractivity contribution is -0.146. The summed E-state index contributed by atoms with van der Waals surface area (Å²) in [6.45, 7) is 3.91. The summed E-state index contributed by atoms with van der Waals surface area (Å²) in [6.07, 6.45) is 1.37. The number of hydrogen-bond donors (Lipinski definition) is 2. The molecule has 1 unspecified atom stereocenters. The summed E-state index contributed by atoms with van der Waals surface area (Å²) in [5.41, 5.74) is -1.06. The zero-order valence-corrected chi connectivity index (χ0v) is 13.1. The van der Waals surface area contributed by atoms with E-state index in [2.05, 4.69) is 9.46 Å². The van der Waals surface area contributed by atoms with Crippen LogP contribution in [-0.2, 0) is 19.7 Å². The lowest BCUT2D eigenvalue weighted by Gasteiger charge is -2.31. The summed E-state index contributed by atoms with van der Waals surface area (Å²) >= 11 is 0. The maximum atomic E-state index is 12.1. The van der Waals surface area contributed by atoms with Gasteiger partial charge in [0.1, 0.15) is 0 Å². The summed E-state index contributed by atoms with van der Waals surface area (Å²) in [4.78, 5) is 11.4. The van der Waals surface area contributed by atoms with Crippen molar-refractivity contribution in [2.45, 2.75) is 38.7 Å². The molecule has 0 spiro atoms. The van der Waals surface area contributed by atoms with Crippen LogP contribution in [-0.4, -0.2) is 56.1 Å². The Kier molecular flexibility index (Phi) is 5.93. The summed E-state index contributed by atoms with van der Waals surface area (Å²) in [7, 11) is -2.28. The Hall–Kier alpha value is -0.700. The summed E-state index contributed by atoms with van der Waals surface area (Å²) < 4.78 is 32.5. The van der Waals surface area contributed by atoms with Crippen LogP contribution in [0.5, 0.6) is 0 Å². The second kappa shape index (κ2) is 6.84. The van der Waals surface area contributed by atoms with E-state index < -0.39 is 15.8 Å². The van der Waals surface area contributed by atoms with Crippen molar-refractivity contribution in [1.82, 2.24) is 9.03 Å². The second-order valence-electron chi connectivity index (χ2n) is 5.37. The lowest BCUT2D eigenvalue weighted by atomic mass is 9.99. The van der Waals surface area contributed by atoms with Gasteiger partial charge in [-0.1, -0.05) is 6.92 Å². The zero-order valence-electron chi connectivity index (χ0n) is 12.3. The molecule has 0 amide bonds. The maximum absolute atomic E-state index is 12.1. The minimum Gasteiger partial charge on any atom is -0.469 e. The highest BCUT2D eigenvalue weighted by Gasteiger charge is 2.32. The fourth-order valence-electron chi connectivity index (χ4n) is 1.96. The first-order chi connectivity index (χ1) is 9.22. The number of aliphatic hydroxyl groups is 1. The average Bonchev–Trinajstić information content (AvgIpc) is 2.45. The zero-order chi connectivity index (χ0) is 15.4. The first-order valence-electron chi connectivity index (χ1n) is 6.77. The molecular weight excluding hydrogens is 284 g/mol. The fourth-order valence-corrected chi connectivity index (χ4v) is 3.33. The van der Waals surface area contributed by atoms with E-state index in [1.807, 2.05) is 0 Å². The predicted octanol–water partition coefficient (Wildman–Crippen LogP) is -0.133. The van der Waals surface area contributed by atoms with Gasteiger partial charge < -0.3 is 9.84 Å². The highest BCUT2D eigenvalue weighted by molar-refractivity contribution is 7.87. The van der Waals surface area contributed by atoms with Gasteiger partial charge in [-0.2, -0.15) is 17.4 Å². The third-order valence-corrected chi connectivity index (χ3v) is 5.28. The van der Waals surface area contributed by atoms with Crippen molar-refractivity contribution in [3.8, 4) is 0 Å². The minimum atomic E-state index is -3.61. The predicted molar refractivity (Wildman–Crippen MR) is 74.2 cm³/mol.